The van der Waals surface area contributed by atoms with E-state index in [9.17, 15) is 22.4 Å². The van der Waals surface area contributed by atoms with Gasteiger partial charge in [0, 0.05) is 30.2 Å². The van der Waals surface area contributed by atoms with E-state index in [2.05, 4.69) is 9.55 Å². The van der Waals surface area contributed by atoms with Crippen LogP contribution in [0.4, 0.5) is 17.6 Å². The second-order valence-corrected chi connectivity index (χ2v) is 10.4. The number of benzene rings is 3. The second kappa shape index (κ2) is 12.1. The van der Waals surface area contributed by atoms with Crippen LogP contribution < -0.4 is 4.74 Å². The standard InChI is InChI=1S/C33H27F4N3O4/c1-42-32(41)22-10-12-28-29(16-22)40(18-25-13-14-43-25)30(38-28)15-20-5-7-21(8-6-20)27-3-2-4-31(39-27)44-19-23-9-11-24(17-26(23)34)33(35,36)37/h2-12,16-17,25H,13-15,18-19H2,1H3/t25-/m0/s1. The molecule has 1 saturated heterocycles. The molecule has 0 unspecified atom stereocenters. The number of methoxy groups -OCH3 is 1. The number of hydrogen-bond donors (Lipinski definition) is 0. The third-order valence-electron chi connectivity index (χ3n) is 7.52. The number of imidazole rings is 1. The number of fused-ring (bicyclic) bond motifs is 1. The number of nitrogens with zero attached hydrogens (tertiary/aromatic N) is 3. The Balaban J connectivity index is 1.18. The summed E-state index contributed by atoms with van der Waals surface area (Å²) in [5.41, 5.74) is 3.46. The minimum absolute atomic E-state index is 0.00836. The van der Waals surface area contributed by atoms with E-state index < -0.39 is 23.5 Å². The quantitative estimate of drug-likeness (QED) is 0.133. The Morgan fingerprint density at radius 2 is 1.82 bits per heavy atom. The minimum Gasteiger partial charge on any atom is -0.473 e. The molecule has 6 rings (SSSR count). The molecule has 0 saturated carbocycles. The summed E-state index contributed by atoms with van der Waals surface area (Å²) >= 11 is 0. The molecule has 0 spiro atoms. The van der Waals surface area contributed by atoms with Crippen LogP contribution in [-0.4, -0.2) is 40.3 Å². The Morgan fingerprint density at radius 1 is 1.02 bits per heavy atom. The Labute approximate surface area is 250 Å². The number of rotatable bonds is 9. The summed E-state index contributed by atoms with van der Waals surface area (Å²) in [5.74, 6) is -0.353. The van der Waals surface area contributed by atoms with Gasteiger partial charge in [-0.05, 0) is 48.4 Å². The fraction of sp³-hybridized carbons (Fsp3) is 0.242. The van der Waals surface area contributed by atoms with Crippen LogP contribution in [0.1, 0.15) is 39.3 Å². The molecule has 0 N–H and O–H groups in total. The van der Waals surface area contributed by atoms with Gasteiger partial charge in [-0.3, -0.25) is 0 Å². The molecule has 44 heavy (non-hydrogen) atoms. The van der Waals surface area contributed by atoms with Gasteiger partial charge in [0.2, 0.25) is 5.88 Å². The number of ether oxygens (including phenoxy) is 3. The molecule has 1 aliphatic heterocycles. The number of alkyl halides is 3. The molecule has 7 nitrogen and oxygen atoms in total. The van der Waals surface area contributed by atoms with Crippen molar-refractivity contribution in [3.63, 3.8) is 0 Å². The predicted molar refractivity (Wildman–Crippen MR) is 154 cm³/mol. The monoisotopic (exact) mass is 605 g/mol. The van der Waals surface area contributed by atoms with E-state index in [-0.39, 0.29) is 24.2 Å². The highest BCUT2D eigenvalue weighted by molar-refractivity contribution is 5.93. The third-order valence-corrected chi connectivity index (χ3v) is 7.52. The average molecular weight is 606 g/mol. The fourth-order valence-corrected chi connectivity index (χ4v) is 5.01. The van der Waals surface area contributed by atoms with Crippen molar-refractivity contribution >= 4 is 17.0 Å². The molecule has 0 amide bonds. The number of carbonyl (C=O) groups is 1. The maximum Gasteiger partial charge on any atom is 0.416 e. The van der Waals surface area contributed by atoms with Crippen molar-refractivity contribution < 1.29 is 36.6 Å². The van der Waals surface area contributed by atoms with Crippen LogP contribution in [0.2, 0.25) is 0 Å². The summed E-state index contributed by atoms with van der Waals surface area (Å²) in [4.78, 5) is 21.5. The molecule has 5 aromatic rings. The highest BCUT2D eigenvalue weighted by atomic mass is 19.4. The van der Waals surface area contributed by atoms with Crippen molar-refractivity contribution in [2.75, 3.05) is 13.7 Å². The maximum atomic E-state index is 14.2. The van der Waals surface area contributed by atoms with Gasteiger partial charge in [0.15, 0.2) is 0 Å². The van der Waals surface area contributed by atoms with Gasteiger partial charge >= 0.3 is 12.1 Å². The molecule has 0 bridgehead atoms. The lowest BCUT2D eigenvalue weighted by atomic mass is 10.1. The molecule has 0 aliphatic carbocycles. The molecule has 3 heterocycles. The van der Waals surface area contributed by atoms with Crippen molar-refractivity contribution in [3.05, 3.63) is 113 Å². The largest absolute Gasteiger partial charge is 0.473 e. The summed E-state index contributed by atoms with van der Waals surface area (Å²) in [6, 6.07) is 20.6. The van der Waals surface area contributed by atoms with Crippen LogP contribution in [0.25, 0.3) is 22.3 Å². The van der Waals surface area contributed by atoms with E-state index in [0.717, 1.165) is 53.1 Å². The van der Waals surface area contributed by atoms with Crippen molar-refractivity contribution in [2.24, 2.45) is 0 Å². The third kappa shape index (κ3) is 6.28. The highest BCUT2D eigenvalue weighted by Gasteiger charge is 2.31. The van der Waals surface area contributed by atoms with E-state index in [1.165, 1.54) is 7.11 Å². The van der Waals surface area contributed by atoms with Gasteiger partial charge in [0.05, 0.1) is 47.6 Å². The summed E-state index contributed by atoms with van der Waals surface area (Å²) in [7, 11) is 1.35. The van der Waals surface area contributed by atoms with Crippen molar-refractivity contribution in [1.82, 2.24) is 14.5 Å². The highest BCUT2D eigenvalue weighted by Crippen LogP contribution is 2.31. The first-order chi connectivity index (χ1) is 21.2. The van der Waals surface area contributed by atoms with Crippen LogP contribution in [-0.2, 0) is 35.2 Å². The number of aromatic nitrogens is 3. The Hall–Kier alpha value is -4.77. The average Bonchev–Trinajstić information content (AvgIpc) is 3.33. The van der Waals surface area contributed by atoms with Crippen LogP contribution in [0.3, 0.4) is 0 Å². The molecular weight excluding hydrogens is 578 g/mol. The number of carbonyl (C=O) groups excluding carboxylic acids is 1. The predicted octanol–water partition coefficient (Wildman–Crippen LogP) is 7.00. The lowest BCUT2D eigenvalue weighted by Crippen LogP contribution is -2.31. The molecule has 1 aliphatic rings. The van der Waals surface area contributed by atoms with E-state index >= 15 is 0 Å². The van der Waals surface area contributed by atoms with Gasteiger partial charge in [-0.15, -0.1) is 0 Å². The van der Waals surface area contributed by atoms with Gasteiger partial charge in [0.25, 0.3) is 0 Å². The Kier molecular flexibility index (Phi) is 8.05. The summed E-state index contributed by atoms with van der Waals surface area (Å²) in [6.45, 7) is 1.09. The lowest BCUT2D eigenvalue weighted by Gasteiger charge is -2.27. The topological polar surface area (TPSA) is 75.5 Å². The van der Waals surface area contributed by atoms with Crippen LogP contribution in [0.15, 0.2) is 78.9 Å². The van der Waals surface area contributed by atoms with Crippen molar-refractivity contribution in [3.8, 4) is 17.1 Å². The SMILES string of the molecule is COC(=O)c1ccc2nc(Cc3ccc(-c4cccc(OCc5ccc(C(F)(F)F)cc5F)n4)cc3)n(C[C@@H]3CCO3)c2c1. The number of hydrogen-bond acceptors (Lipinski definition) is 6. The molecule has 0 radical (unpaired) electrons. The van der Waals surface area contributed by atoms with Gasteiger partial charge in [0.1, 0.15) is 18.2 Å². The maximum absolute atomic E-state index is 14.2. The fourth-order valence-electron chi connectivity index (χ4n) is 5.01. The van der Waals surface area contributed by atoms with Gasteiger partial charge in [-0.2, -0.15) is 13.2 Å². The molecule has 2 aromatic heterocycles. The van der Waals surface area contributed by atoms with Crippen molar-refractivity contribution in [1.29, 1.82) is 0 Å². The second-order valence-electron chi connectivity index (χ2n) is 10.4. The normalized spacial score (nSPS) is 14.8. The van der Waals surface area contributed by atoms with E-state index in [1.54, 1.807) is 30.3 Å². The number of esters is 1. The van der Waals surface area contributed by atoms with Crippen molar-refractivity contribution in [2.45, 2.75) is 38.3 Å². The summed E-state index contributed by atoms with van der Waals surface area (Å²) in [6.07, 6.45) is -3.03. The summed E-state index contributed by atoms with van der Waals surface area (Å²) < 4.78 is 71.0. The molecular formula is C33H27F4N3O4. The Bertz CT molecular complexity index is 1810. The smallest absolute Gasteiger partial charge is 0.416 e. The number of halogens is 4. The zero-order chi connectivity index (χ0) is 30.8. The first-order valence-electron chi connectivity index (χ1n) is 13.9. The van der Waals surface area contributed by atoms with E-state index in [4.69, 9.17) is 19.2 Å². The number of pyridine rings is 1. The van der Waals surface area contributed by atoms with Crippen LogP contribution >= 0.6 is 0 Å². The van der Waals surface area contributed by atoms with Gasteiger partial charge in [-0.1, -0.05) is 36.4 Å². The lowest BCUT2D eigenvalue weighted by molar-refractivity contribution is -0.137. The molecule has 1 atom stereocenters. The molecule has 226 valence electrons. The zero-order valence-electron chi connectivity index (χ0n) is 23.6. The summed E-state index contributed by atoms with van der Waals surface area (Å²) in [5, 5.41) is 0. The first-order valence-corrected chi connectivity index (χ1v) is 13.9. The molecule has 11 heteroatoms. The molecule has 1 fully saturated rings. The van der Waals surface area contributed by atoms with Crippen LogP contribution in [0.5, 0.6) is 5.88 Å². The minimum atomic E-state index is -4.62. The first kappa shape index (κ1) is 29.3. The zero-order valence-corrected chi connectivity index (χ0v) is 23.6. The van der Waals surface area contributed by atoms with E-state index in [1.807, 2.05) is 30.3 Å². The van der Waals surface area contributed by atoms with Gasteiger partial charge in [-0.25, -0.2) is 19.2 Å². The van der Waals surface area contributed by atoms with E-state index in [0.29, 0.717) is 30.3 Å². The Morgan fingerprint density at radius 3 is 2.50 bits per heavy atom. The van der Waals surface area contributed by atoms with Crippen LogP contribution in [0, 0.1) is 5.82 Å². The molecule has 3 aromatic carbocycles. The van der Waals surface area contributed by atoms with Gasteiger partial charge < -0.3 is 18.8 Å².